The summed E-state index contributed by atoms with van der Waals surface area (Å²) in [5, 5.41) is 5.77. The van der Waals surface area contributed by atoms with E-state index in [0.29, 0.717) is 16.0 Å². The summed E-state index contributed by atoms with van der Waals surface area (Å²) in [6, 6.07) is 6.73. The van der Waals surface area contributed by atoms with Crippen LogP contribution < -0.4 is 4.72 Å². The van der Waals surface area contributed by atoms with Crippen molar-refractivity contribution >= 4 is 43.0 Å². The van der Waals surface area contributed by atoms with E-state index < -0.39 is 10.0 Å². The molecule has 0 spiro atoms. The number of halogens is 1. The van der Waals surface area contributed by atoms with Crippen molar-refractivity contribution in [2.24, 2.45) is 0 Å². The Hall–Kier alpha value is -1.71. The first kappa shape index (κ1) is 14.2. The second-order valence-corrected chi connectivity index (χ2v) is 7.63. The van der Waals surface area contributed by atoms with Gasteiger partial charge in [0.25, 0.3) is 10.0 Å². The zero-order valence-corrected chi connectivity index (χ0v) is 13.7. The smallest absolute Gasteiger partial charge is 0.272 e. The molecule has 3 rings (SSSR count). The van der Waals surface area contributed by atoms with Gasteiger partial charge in [-0.2, -0.15) is 5.10 Å². The fraction of sp³-hybridized carbons (Fsp3) is 0. The lowest BCUT2D eigenvalue weighted by atomic mass is 10.4. The average Bonchev–Trinajstić information content (AvgIpc) is 3.10. The lowest BCUT2D eigenvalue weighted by Crippen LogP contribution is -2.14. The number of aromatic nitrogens is 3. The van der Waals surface area contributed by atoms with E-state index in [0.717, 1.165) is 11.3 Å². The molecule has 6 nitrogen and oxygen atoms in total. The summed E-state index contributed by atoms with van der Waals surface area (Å²) in [4.78, 5) is 4.17. The van der Waals surface area contributed by atoms with Gasteiger partial charge in [0.2, 0.25) is 0 Å². The number of thiophene rings is 1. The molecule has 0 aromatic carbocycles. The summed E-state index contributed by atoms with van der Waals surface area (Å²) >= 11 is 4.37. The van der Waals surface area contributed by atoms with E-state index in [4.69, 9.17) is 0 Å². The number of nitrogens with one attached hydrogen (secondary N) is 1. The van der Waals surface area contributed by atoms with Crippen LogP contribution in [0.25, 0.3) is 5.82 Å². The van der Waals surface area contributed by atoms with E-state index in [1.165, 1.54) is 4.68 Å². The van der Waals surface area contributed by atoms with Crippen molar-refractivity contribution in [1.82, 2.24) is 14.8 Å². The maximum Gasteiger partial charge on any atom is 0.272 e. The molecule has 0 aliphatic heterocycles. The second-order valence-electron chi connectivity index (χ2n) is 3.99. The number of rotatable bonds is 4. The van der Waals surface area contributed by atoms with Crippen LogP contribution in [0.3, 0.4) is 0 Å². The van der Waals surface area contributed by atoms with E-state index in [-0.39, 0.29) is 4.21 Å². The molecule has 0 aliphatic rings. The zero-order chi connectivity index (χ0) is 14.9. The highest BCUT2D eigenvalue weighted by molar-refractivity contribution is 9.10. The molecule has 3 heterocycles. The molecule has 0 bridgehead atoms. The lowest BCUT2D eigenvalue weighted by Gasteiger charge is -2.10. The first-order valence-electron chi connectivity index (χ1n) is 5.79. The number of nitrogens with zero attached hydrogens (tertiary/aromatic N) is 3. The van der Waals surface area contributed by atoms with Crippen molar-refractivity contribution in [2.75, 3.05) is 4.72 Å². The monoisotopic (exact) mass is 384 g/mol. The van der Waals surface area contributed by atoms with Crippen LogP contribution in [0.2, 0.25) is 0 Å². The summed E-state index contributed by atoms with van der Waals surface area (Å²) in [7, 11) is -3.67. The molecule has 0 saturated carbocycles. The third kappa shape index (κ3) is 2.85. The molecule has 1 N–H and O–H groups in total. The number of sulfonamides is 1. The molecule has 0 aliphatic carbocycles. The molecule has 0 atom stereocenters. The van der Waals surface area contributed by atoms with Gasteiger partial charge in [-0.3, -0.25) is 4.72 Å². The molecule has 3 aromatic heterocycles. The molecule has 0 amide bonds. The normalized spacial score (nSPS) is 11.5. The van der Waals surface area contributed by atoms with Crippen LogP contribution in [0.4, 0.5) is 5.69 Å². The van der Waals surface area contributed by atoms with Crippen LogP contribution in [0, 0.1) is 0 Å². The van der Waals surface area contributed by atoms with E-state index in [1.54, 1.807) is 48.2 Å². The van der Waals surface area contributed by atoms with E-state index >= 15 is 0 Å². The van der Waals surface area contributed by atoms with Crippen molar-refractivity contribution in [2.45, 2.75) is 4.21 Å². The Balaban J connectivity index is 2.02. The molecular weight excluding hydrogens is 376 g/mol. The van der Waals surface area contributed by atoms with E-state index in [2.05, 4.69) is 30.7 Å². The molecule has 3 aromatic rings. The minimum Gasteiger partial charge on any atom is -0.275 e. The number of hydrogen-bond acceptors (Lipinski definition) is 5. The highest BCUT2D eigenvalue weighted by atomic mass is 79.9. The third-order valence-corrected chi connectivity index (χ3v) is 6.62. The molecule has 9 heteroatoms. The van der Waals surface area contributed by atoms with Gasteiger partial charge >= 0.3 is 0 Å². The highest BCUT2D eigenvalue weighted by Crippen LogP contribution is 2.30. The van der Waals surface area contributed by atoms with Gasteiger partial charge in [0.05, 0.1) is 5.69 Å². The summed E-state index contributed by atoms with van der Waals surface area (Å²) in [5.74, 6) is 0.416. The maximum absolute atomic E-state index is 12.4. The van der Waals surface area contributed by atoms with Crippen LogP contribution in [0.15, 0.2) is 56.9 Å². The van der Waals surface area contributed by atoms with Crippen LogP contribution in [0.1, 0.15) is 0 Å². The molecule has 108 valence electrons. The summed E-state index contributed by atoms with van der Waals surface area (Å²) in [6.45, 7) is 0. The number of anilines is 1. The minimum atomic E-state index is -3.67. The molecular formula is C12H9BrN4O2S2. The second kappa shape index (κ2) is 5.58. The Morgan fingerprint density at radius 1 is 1.24 bits per heavy atom. The maximum atomic E-state index is 12.4. The predicted molar refractivity (Wildman–Crippen MR) is 84.2 cm³/mol. The van der Waals surface area contributed by atoms with Gasteiger partial charge in [0, 0.05) is 23.1 Å². The highest BCUT2D eigenvalue weighted by Gasteiger charge is 2.21. The fourth-order valence-corrected chi connectivity index (χ4v) is 5.12. The average molecular weight is 385 g/mol. The van der Waals surface area contributed by atoms with E-state index in [9.17, 15) is 8.42 Å². The molecule has 21 heavy (non-hydrogen) atoms. The lowest BCUT2D eigenvalue weighted by molar-refractivity contribution is 0.602. The van der Waals surface area contributed by atoms with Gasteiger partial charge in [-0.25, -0.2) is 18.1 Å². The van der Waals surface area contributed by atoms with Gasteiger partial charge in [-0.15, -0.1) is 11.3 Å². The first-order valence-corrected chi connectivity index (χ1v) is 8.94. The van der Waals surface area contributed by atoms with Crippen molar-refractivity contribution in [3.63, 3.8) is 0 Å². The summed E-state index contributed by atoms with van der Waals surface area (Å²) in [6.07, 6.45) is 4.87. The van der Waals surface area contributed by atoms with Crippen molar-refractivity contribution in [1.29, 1.82) is 0 Å². The van der Waals surface area contributed by atoms with Crippen LogP contribution in [-0.2, 0) is 10.0 Å². The van der Waals surface area contributed by atoms with E-state index in [1.807, 2.05) is 0 Å². The number of pyridine rings is 1. The van der Waals surface area contributed by atoms with Gasteiger partial charge in [-0.05, 0) is 45.6 Å². The van der Waals surface area contributed by atoms with Gasteiger partial charge in [0.15, 0.2) is 10.0 Å². The molecule has 0 fully saturated rings. The summed E-state index contributed by atoms with van der Waals surface area (Å²) < 4.78 is 29.6. The molecule has 0 saturated heterocycles. The number of hydrogen-bond donors (Lipinski definition) is 1. The Kier molecular flexibility index (Phi) is 3.79. The van der Waals surface area contributed by atoms with Gasteiger partial charge in [-0.1, -0.05) is 0 Å². The predicted octanol–water partition coefficient (Wildman–Crippen LogP) is 2.89. The van der Waals surface area contributed by atoms with Gasteiger partial charge in [0.1, 0.15) is 0 Å². The van der Waals surface area contributed by atoms with Crippen molar-refractivity contribution in [3.8, 4) is 5.82 Å². The largest absolute Gasteiger partial charge is 0.275 e. The third-order valence-electron chi connectivity index (χ3n) is 2.58. The Labute approximate surface area is 133 Å². The minimum absolute atomic E-state index is 0.220. The van der Waals surface area contributed by atoms with Gasteiger partial charge < -0.3 is 0 Å². The van der Waals surface area contributed by atoms with Crippen LogP contribution in [-0.4, -0.2) is 23.2 Å². The van der Waals surface area contributed by atoms with Crippen LogP contribution in [0.5, 0.6) is 0 Å². The standard InChI is InChI=1S/C12H9BrN4O2S2/c13-9-4-8-20-12(9)21(18,19)16-10-3-1-5-14-11(10)17-7-2-6-15-17/h1-8,16H. The quantitative estimate of drug-likeness (QED) is 0.749. The summed E-state index contributed by atoms with van der Waals surface area (Å²) in [5.41, 5.74) is 0.363. The Morgan fingerprint density at radius 3 is 2.76 bits per heavy atom. The zero-order valence-electron chi connectivity index (χ0n) is 10.5. The Bertz CT molecular complexity index is 859. The van der Waals surface area contributed by atoms with Crippen molar-refractivity contribution < 1.29 is 8.42 Å². The Morgan fingerprint density at radius 2 is 2.10 bits per heavy atom. The molecule has 0 radical (unpaired) electrons. The van der Waals surface area contributed by atoms with Crippen LogP contribution >= 0.6 is 27.3 Å². The fourth-order valence-electron chi connectivity index (χ4n) is 1.72. The molecule has 0 unspecified atom stereocenters. The van der Waals surface area contributed by atoms with Crippen molar-refractivity contribution in [3.05, 3.63) is 52.7 Å². The first-order chi connectivity index (χ1) is 10.1. The SMILES string of the molecule is O=S(=O)(Nc1cccnc1-n1cccn1)c1sccc1Br. The topological polar surface area (TPSA) is 76.9 Å².